The van der Waals surface area contributed by atoms with E-state index in [0.29, 0.717) is 18.2 Å². The van der Waals surface area contributed by atoms with E-state index in [1.54, 1.807) is 0 Å². The van der Waals surface area contributed by atoms with E-state index in [2.05, 4.69) is 6.92 Å². The molecule has 1 atom stereocenters. The van der Waals surface area contributed by atoms with E-state index < -0.39 is 0 Å². The summed E-state index contributed by atoms with van der Waals surface area (Å²) in [4.78, 5) is 0. The predicted octanol–water partition coefficient (Wildman–Crippen LogP) is 3.24. The molecule has 0 saturated heterocycles. The monoisotopic (exact) mass is 278 g/mol. The van der Waals surface area contributed by atoms with Crippen LogP contribution in [0.1, 0.15) is 24.9 Å². The molecule has 0 aliphatic carbocycles. The minimum atomic E-state index is -0.269. The molecule has 3 nitrogen and oxygen atoms in total. The Labute approximate surface area is 118 Å². The zero-order valence-electron chi connectivity index (χ0n) is 11.0. The summed E-state index contributed by atoms with van der Waals surface area (Å²) in [5.41, 5.74) is 12.6. The lowest BCUT2D eigenvalue weighted by Gasteiger charge is -2.18. The lowest BCUT2D eigenvalue weighted by molar-refractivity contribution is 0.316. The third-order valence-corrected chi connectivity index (χ3v) is 3.39. The first kappa shape index (κ1) is 14.1. The molecule has 0 heterocycles. The fourth-order valence-electron chi connectivity index (χ4n) is 2.09. The smallest absolute Gasteiger partial charge is 0.132 e. The van der Waals surface area contributed by atoms with E-state index in [1.165, 1.54) is 0 Å². The SMILES string of the molecule is CCCOc1c(C(N)CN)cc(Cl)c2ccccc12. The molecule has 0 aromatic heterocycles. The van der Waals surface area contributed by atoms with Crippen molar-refractivity contribution in [3.05, 3.63) is 40.9 Å². The van der Waals surface area contributed by atoms with Crippen LogP contribution >= 0.6 is 11.6 Å². The second-order valence-electron chi connectivity index (χ2n) is 4.51. The van der Waals surface area contributed by atoms with Gasteiger partial charge in [0.15, 0.2) is 0 Å². The number of nitrogens with two attached hydrogens (primary N) is 2. The van der Waals surface area contributed by atoms with Gasteiger partial charge in [-0.05, 0) is 12.5 Å². The van der Waals surface area contributed by atoms with Crippen LogP contribution in [0.15, 0.2) is 30.3 Å². The van der Waals surface area contributed by atoms with Crippen molar-refractivity contribution in [2.75, 3.05) is 13.2 Å². The molecule has 0 bridgehead atoms. The summed E-state index contributed by atoms with van der Waals surface area (Å²) in [6.45, 7) is 3.08. The van der Waals surface area contributed by atoms with Crippen molar-refractivity contribution in [1.29, 1.82) is 0 Å². The molecular formula is C15H19ClN2O. The van der Waals surface area contributed by atoms with Crippen LogP contribution in [0.2, 0.25) is 5.02 Å². The highest BCUT2D eigenvalue weighted by molar-refractivity contribution is 6.36. The minimum absolute atomic E-state index is 0.269. The minimum Gasteiger partial charge on any atom is -0.493 e. The summed E-state index contributed by atoms with van der Waals surface area (Å²) in [5, 5.41) is 2.64. The van der Waals surface area contributed by atoms with E-state index in [0.717, 1.165) is 28.5 Å². The molecule has 1 unspecified atom stereocenters. The maximum atomic E-state index is 6.32. The molecule has 0 fully saturated rings. The Kier molecular flexibility index (Phi) is 4.64. The third-order valence-electron chi connectivity index (χ3n) is 3.08. The lowest BCUT2D eigenvalue weighted by Crippen LogP contribution is -2.21. The molecule has 0 amide bonds. The molecule has 4 N–H and O–H groups in total. The second kappa shape index (κ2) is 6.24. The molecule has 2 aromatic carbocycles. The molecule has 19 heavy (non-hydrogen) atoms. The number of halogens is 1. The maximum absolute atomic E-state index is 6.32. The zero-order chi connectivity index (χ0) is 13.8. The largest absolute Gasteiger partial charge is 0.493 e. The van der Waals surface area contributed by atoms with Crippen molar-refractivity contribution in [2.45, 2.75) is 19.4 Å². The Morgan fingerprint density at radius 3 is 2.58 bits per heavy atom. The van der Waals surface area contributed by atoms with Crippen molar-refractivity contribution < 1.29 is 4.74 Å². The molecule has 0 aliphatic heterocycles. The number of hydrogen-bond acceptors (Lipinski definition) is 3. The highest BCUT2D eigenvalue weighted by Gasteiger charge is 2.16. The molecule has 102 valence electrons. The summed E-state index contributed by atoms with van der Waals surface area (Å²) in [6.07, 6.45) is 0.939. The van der Waals surface area contributed by atoms with Crippen LogP contribution in [-0.4, -0.2) is 13.2 Å². The van der Waals surface area contributed by atoms with Gasteiger partial charge in [0.25, 0.3) is 0 Å². The summed E-state index contributed by atoms with van der Waals surface area (Å²) >= 11 is 6.32. The summed E-state index contributed by atoms with van der Waals surface area (Å²) in [7, 11) is 0. The number of ether oxygens (including phenoxy) is 1. The van der Waals surface area contributed by atoms with Gasteiger partial charge in [-0.3, -0.25) is 0 Å². The average molecular weight is 279 g/mol. The van der Waals surface area contributed by atoms with Gasteiger partial charge in [-0.2, -0.15) is 0 Å². The normalized spacial score (nSPS) is 12.6. The van der Waals surface area contributed by atoms with Gasteiger partial charge in [0.2, 0.25) is 0 Å². The molecular weight excluding hydrogens is 260 g/mol. The van der Waals surface area contributed by atoms with Crippen LogP contribution in [0.4, 0.5) is 0 Å². The number of fused-ring (bicyclic) bond motifs is 1. The first-order chi connectivity index (χ1) is 9.19. The Morgan fingerprint density at radius 2 is 1.95 bits per heavy atom. The van der Waals surface area contributed by atoms with Gasteiger partial charge in [-0.25, -0.2) is 0 Å². The molecule has 2 aromatic rings. The molecule has 0 saturated carbocycles. The van der Waals surface area contributed by atoms with Crippen LogP contribution in [-0.2, 0) is 0 Å². The van der Waals surface area contributed by atoms with Crippen LogP contribution in [0.5, 0.6) is 5.75 Å². The van der Waals surface area contributed by atoms with Gasteiger partial charge in [0, 0.05) is 33.9 Å². The van der Waals surface area contributed by atoms with E-state index in [4.69, 9.17) is 27.8 Å². The van der Waals surface area contributed by atoms with E-state index in [-0.39, 0.29) is 6.04 Å². The summed E-state index contributed by atoms with van der Waals surface area (Å²) in [6, 6.07) is 9.50. The highest BCUT2D eigenvalue weighted by atomic mass is 35.5. The van der Waals surface area contributed by atoms with Gasteiger partial charge < -0.3 is 16.2 Å². The van der Waals surface area contributed by atoms with Gasteiger partial charge >= 0.3 is 0 Å². The van der Waals surface area contributed by atoms with E-state index in [9.17, 15) is 0 Å². The standard InChI is InChI=1S/C15H19ClN2O/c1-2-7-19-15-11-6-4-3-5-10(11)13(16)8-12(15)14(18)9-17/h3-6,8,14H,2,7,9,17-18H2,1H3. The van der Waals surface area contributed by atoms with Crippen LogP contribution in [0, 0.1) is 0 Å². The molecule has 0 spiro atoms. The number of benzene rings is 2. The molecule has 0 radical (unpaired) electrons. The number of rotatable bonds is 5. The van der Waals surface area contributed by atoms with E-state index in [1.807, 2.05) is 30.3 Å². The van der Waals surface area contributed by atoms with Crippen LogP contribution < -0.4 is 16.2 Å². The molecule has 4 heteroatoms. The van der Waals surface area contributed by atoms with Crippen molar-refractivity contribution in [1.82, 2.24) is 0 Å². The summed E-state index contributed by atoms with van der Waals surface area (Å²) < 4.78 is 5.88. The highest BCUT2D eigenvalue weighted by Crippen LogP contribution is 2.37. The van der Waals surface area contributed by atoms with Crippen LogP contribution in [0.25, 0.3) is 10.8 Å². The zero-order valence-corrected chi connectivity index (χ0v) is 11.8. The Bertz CT molecular complexity index is 571. The molecule has 2 rings (SSSR count). The first-order valence-electron chi connectivity index (χ1n) is 6.48. The topological polar surface area (TPSA) is 61.3 Å². The summed E-state index contributed by atoms with van der Waals surface area (Å²) in [5.74, 6) is 0.805. The fraction of sp³-hybridized carbons (Fsp3) is 0.333. The quantitative estimate of drug-likeness (QED) is 0.883. The molecule has 0 aliphatic rings. The number of hydrogen-bond donors (Lipinski definition) is 2. The lowest BCUT2D eigenvalue weighted by atomic mass is 10.0. The van der Waals surface area contributed by atoms with E-state index >= 15 is 0 Å². The van der Waals surface area contributed by atoms with Gasteiger partial charge in [0.1, 0.15) is 5.75 Å². The fourth-order valence-corrected chi connectivity index (χ4v) is 2.37. The van der Waals surface area contributed by atoms with Crippen molar-refractivity contribution in [2.24, 2.45) is 11.5 Å². The maximum Gasteiger partial charge on any atom is 0.132 e. The third kappa shape index (κ3) is 2.84. The Balaban J connectivity index is 2.65. The van der Waals surface area contributed by atoms with Gasteiger partial charge in [0.05, 0.1) is 6.61 Å². The van der Waals surface area contributed by atoms with Gasteiger partial charge in [-0.15, -0.1) is 0 Å². The Morgan fingerprint density at radius 1 is 1.26 bits per heavy atom. The Hall–Kier alpha value is -1.29. The van der Waals surface area contributed by atoms with Gasteiger partial charge in [-0.1, -0.05) is 42.8 Å². The van der Waals surface area contributed by atoms with Crippen LogP contribution in [0.3, 0.4) is 0 Å². The predicted molar refractivity (Wildman–Crippen MR) is 80.7 cm³/mol. The van der Waals surface area contributed by atoms with Crippen molar-refractivity contribution in [3.63, 3.8) is 0 Å². The second-order valence-corrected chi connectivity index (χ2v) is 4.92. The van der Waals surface area contributed by atoms with Crippen molar-refractivity contribution >= 4 is 22.4 Å². The average Bonchev–Trinajstić information content (AvgIpc) is 2.45. The van der Waals surface area contributed by atoms with Crippen molar-refractivity contribution in [3.8, 4) is 5.75 Å². The first-order valence-corrected chi connectivity index (χ1v) is 6.86.